The van der Waals surface area contributed by atoms with E-state index in [1.165, 1.54) is 10.4 Å². The van der Waals surface area contributed by atoms with Crippen molar-refractivity contribution in [3.05, 3.63) is 56.7 Å². The van der Waals surface area contributed by atoms with Crippen molar-refractivity contribution in [2.24, 2.45) is 0 Å². The molecule has 0 aliphatic heterocycles. The molecule has 1 aromatic carbocycles. The summed E-state index contributed by atoms with van der Waals surface area (Å²) in [5, 5.41) is 12.5. The molecular formula is C15H17BrOS. The van der Waals surface area contributed by atoms with E-state index < -0.39 is 0 Å². The summed E-state index contributed by atoms with van der Waals surface area (Å²) in [7, 11) is 0. The molecule has 0 aliphatic rings. The second-order valence-corrected chi connectivity index (χ2v) is 6.34. The highest BCUT2D eigenvalue weighted by molar-refractivity contribution is 9.10. The molecule has 0 radical (unpaired) electrons. The number of halogens is 1. The Kier molecular flexibility index (Phi) is 4.98. The van der Waals surface area contributed by atoms with Gasteiger partial charge in [-0.3, -0.25) is 0 Å². The zero-order valence-electron chi connectivity index (χ0n) is 10.3. The highest BCUT2D eigenvalue weighted by Crippen LogP contribution is 2.28. The van der Waals surface area contributed by atoms with E-state index in [9.17, 15) is 5.11 Å². The molecule has 18 heavy (non-hydrogen) atoms. The van der Waals surface area contributed by atoms with Crippen LogP contribution in [0.3, 0.4) is 0 Å². The highest BCUT2D eigenvalue weighted by Gasteiger charge is 2.20. The van der Waals surface area contributed by atoms with E-state index in [0.717, 1.165) is 17.3 Å². The number of benzene rings is 1. The topological polar surface area (TPSA) is 20.2 Å². The maximum atomic E-state index is 10.4. The van der Waals surface area contributed by atoms with Crippen molar-refractivity contribution in [3.63, 3.8) is 0 Å². The Hall–Kier alpha value is -0.640. The summed E-state index contributed by atoms with van der Waals surface area (Å²) in [6.45, 7) is 2.13. The van der Waals surface area contributed by atoms with Crippen LogP contribution in [0, 0.1) is 0 Å². The van der Waals surface area contributed by atoms with Crippen LogP contribution in [0.2, 0.25) is 0 Å². The smallest absolute Gasteiger partial charge is 0.0656 e. The summed E-state index contributed by atoms with van der Waals surface area (Å²) >= 11 is 5.14. The van der Waals surface area contributed by atoms with E-state index in [0.29, 0.717) is 0 Å². The van der Waals surface area contributed by atoms with Gasteiger partial charge in [-0.15, -0.1) is 11.3 Å². The summed E-state index contributed by atoms with van der Waals surface area (Å²) < 4.78 is 1.10. The van der Waals surface area contributed by atoms with Crippen molar-refractivity contribution < 1.29 is 5.11 Å². The molecule has 2 aromatic rings. The van der Waals surface area contributed by atoms with Gasteiger partial charge in [-0.25, -0.2) is 0 Å². The summed E-state index contributed by atoms with van der Waals surface area (Å²) in [4.78, 5) is 1.23. The maximum absolute atomic E-state index is 10.4. The normalized spacial score (nSPS) is 14.4. The molecule has 96 valence electrons. The summed E-state index contributed by atoms with van der Waals surface area (Å²) in [5.74, 6) is 0.215. The van der Waals surface area contributed by atoms with Crippen LogP contribution in [0.15, 0.2) is 46.3 Å². The fraction of sp³-hybridized carbons (Fsp3) is 0.333. The van der Waals surface area contributed by atoms with Crippen molar-refractivity contribution >= 4 is 27.3 Å². The molecule has 0 spiro atoms. The summed E-state index contributed by atoms with van der Waals surface area (Å²) in [6.07, 6.45) is 1.37. The van der Waals surface area contributed by atoms with Crippen LogP contribution >= 0.6 is 27.3 Å². The third kappa shape index (κ3) is 3.44. The quantitative estimate of drug-likeness (QED) is 0.851. The predicted molar refractivity (Wildman–Crippen MR) is 81.2 cm³/mol. The van der Waals surface area contributed by atoms with Crippen LogP contribution in [0.1, 0.15) is 29.7 Å². The van der Waals surface area contributed by atoms with Gasteiger partial charge in [-0.1, -0.05) is 37.3 Å². The Labute approximate surface area is 121 Å². The van der Waals surface area contributed by atoms with Gasteiger partial charge < -0.3 is 5.11 Å². The first-order valence-corrected chi connectivity index (χ1v) is 7.84. The van der Waals surface area contributed by atoms with Gasteiger partial charge in [0.2, 0.25) is 0 Å². The van der Waals surface area contributed by atoms with E-state index in [4.69, 9.17) is 0 Å². The molecule has 0 amide bonds. The number of aliphatic hydroxyl groups excluding tert-OH is 1. The van der Waals surface area contributed by atoms with Gasteiger partial charge in [-0.05, 0) is 34.0 Å². The summed E-state index contributed by atoms with van der Waals surface area (Å²) in [5.41, 5.74) is 1.23. The maximum Gasteiger partial charge on any atom is 0.0656 e. The monoisotopic (exact) mass is 324 g/mol. The van der Waals surface area contributed by atoms with Gasteiger partial charge in [0.15, 0.2) is 0 Å². The lowest BCUT2D eigenvalue weighted by molar-refractivity contribution is 0.141. The van der Waals surface area contributed by atoms with E-state index >= 15 is 0 Å². The minimum absolute atomic E-state index is 0.215. The molecule has 1 aromatic heterocycles. The van der Waals surface area contributed by atoms with Crippen molar-refractivity contribution in [1.82, 2.24) is 0 Å². The van der Waals surface area contributed by atoms with E-state index in [-0.39, 0.29) is 12.0 Å². The lowest BCUT2D eigenvalue weighted by atomic mass is 9.89. The largest absolute Gasteiger partial charge is 0.392 e. The lowest BCUT2D eigenvalue weighted by Crippen LogP contribution is -2.20. The number of thiophene rings is 1. The van der Waals surface area contributed by atoms with E-state index in [2.05, 4.69) is 46.4 Å². The molecule has 0 aliphatic carbocycles. The molecule has 1 nitrogen and oxygen atoms in total. The number of aliphatic hydroxyl groups is 1. The molecule has 0 fully saturated rings. The van der Waals surface area contributed by atoms with Gasteiger partial charge in [0.25, 0.3) is 0 Å². The molecule has 2 unspecified atom stereocenters. The van der Waals surface area contributed by atoms with Crippen molar-refractivity contribution in [3.8, 4) is 0 Å². The molecule has 2 atom stereocenters. The van der Waals surface area contributed by atoms with Gasteiger partial charge in [0, 0.05) is 27.1 Å². The second kappa shape index (κ2) is 6.50. The first kappa shape index (κ1) is 13.8. The Balaban J connectivity index is 2.08. The molecule has 2 rings (SSSR count). The van der Waals surface area contributed by atoms with Crippen LogP contribution in [0.25, 0.3) is 0 Å². The Morgan fingerprint density at radius 2 is 2.00 bits per heavy atom. The number of hydrogen-bond donors (Lipinski definition) is 1. The fourth-order valence-electron chi connectivity index (χ4n) is 2.24. The Bertz CT molecular complexity index is 480. The molecule has 0 saturated heterocycles. The fourth-order valence-corrected chi connectivity index (χ4v) is 3.74. The third-order valence-electron chi connectivity index (χ3n) is 3.16. The molecule has 1 heterocycles. The molecule has 0 saturated carbocycles. The van der Waals surface area contributed by atoms with E-state index in [1.54, 1.807) is 11.3 Å². The Morgan fingerprint density at radius 1 is 1.28 bits per heavy atom. The molecular weight excluding hydrogens is 308 g/mol. The second-order valence-electron chi connectivity index (χ2n) is 4.43. The standard InChI is InChI=1S/C15H17BrOS/c1-2-14(11-6-4-3-5-7-11)15(17)9-13-8-12(16)10-18-13/h3-8,10,14-15,17H,2,9H2,1H3. The SMILES string of the molecule is CCC(c1ccccc1)C(O)Cc1cc(Br)cs1. The van der Waals surface area contributed by atoms with Crippen LogP contribution < -0.4 is 0 Å². The van der Waals surface area contributed by atoms with E-state index in [1.807, 2.05) is 18.2 Å². The number of hydrogen-bond acceptors (Lipinski definition) is 2. The van der Waals surface area contributed by atoms with Crippen LogP contribution in [0.5, 0.6) is 0 Å². The average Bonchev–Trinajstić information content (AvgIpc) is 2.77. The first-order valence-electron chi connectivity index (χ1n) is 6.16. The zero-order chi connectivity index (χ0) is 13.0. The molecule has 1 N–H and O–H groups in total. The van der Waals surface area contributed by atoms with Gasteiger partial charge in [-0.2, -0.15) is 0 Å². The summed E-state index contributed by atoms with van der Waals surface area (Å²) in [6, 6.07) is 12.4. The first-order chi connectivity index (χ1) is 8.70. The van der Waals surface area contributed by atoms with Crippen LogP contribution in [-0.4, -0.2) is 11.2 Å². The van der Waals surface area contributed by atoms with Crippen LogP contribution in [0.4, 0.5) is 0 Å². The zero-order valence-corrected chi connectivity index (χ0v) is 12.7. The van der Waals surface area contributed by atoms with Crippen molar-refractivity contribution in [1.29, 1.82) is 0 Å². The minimum atomic E-state index is -0.317. The minimum Gasteiger partial charge on any atom is -0.392 e. The van der Waals surface area contributed by atoms with Crippen molar-refractivity contribution in [2.75, 3.05) is 0 Å². The molecule has 0 bridgehead atoms. The lowest BCUT2D eigenvalue weighted by Gasteiger charge is -2.21. The third-order valence-corrected chi connectivity index (χ3v) is 4.88. The Morgan fingerprint density at radius 3 is 2.56 bits per heavy atom. The van der Waals surface area contributed by atoms with Crippen molar-refractivity contribution in [2.45, 2.75) is 31.8 Å². The van der Waals surface area contributed by atoms with Crippen LogP contribution in [-0.2, 0) is 6.42 Å². The number of rotatable bonds is 5. The predicted octanol–water partition coefficient (Wildman–Crippen LogP) is 4.61. The van der Waals surface area contributed by atoms with Gasteiger partial charge in [0.1, 0.15) is 0 Å². The highest BCUT2D eigenvalue weighted by atomic mass is 79.9. The average molecular weight is 325 g/mol. The van der Waals surface area contributed by atoms with Gasteiger partial charge in [0.05, 0.1) is 6.10 Å². The van der Waals surface area contributed by atoms with Gasteiger partial charge >= 0.3 is 0 Å². The molecule has 3 heteroatoms.